The maximum atomic E-state index is 12.9. The van der Waals surface area contributed by atoms with Crippen LogP contribution in [-0.4, -0.2) is 26.1 Å². The molecule has 3 atom stereocenters. The molecule has 1 aliphatic rings. The van der Waals surface area contributed by atoms with E-state index in [-0.39, 0.29) is 41.5 Å². The van der Waals surface area contributed by atoms with Gasteiger partial charge in [0, 0.05) is 11.9 Å². The quantitative estimate of drug-likeness (QED) is 0.562. The molecule has 0 saturated heterocycles. The standard InChI is InChI=1S/C23H27NO5.Na/c1-23(2)19(20(23)22(26)27)21(25)24-18(15-7-11-17(29-4)12-8-15)13-14-5-9-16(28-3)10-6-14;/h5-12,18-20H,13H2,1-4H3,(H,24,25)(H,26,27);/q;+1/p-1. The second kappa shape index (κ2) is 9.86. The fraction of sp³-hybridized carbons (Fsp3) is 0.391. The normalized spacial score (nSPS) is 19.7. The summed E-state index contributed by atoms with van der Waals surface area (Å²) in [6.07, 6.45) is 0.561. The molecule has 0 radical (unpaired) electrons. The second-order valence-electron chi connectivity index (χ2n) is 7.98. The number of carbonyl (C=O) groups excluding carboxylic acids is 2. The van der Waals surface area contributed by atoms with Gasteiger partial charge in [-0.1, -0.05) is 38.1 Å². The minimum atomic E-state index is -1.17. The summed E-state index contributed by atoms with van der Waals surface area (Å²) in [7, 11) is 3.21. The monoisotopic (exact) mass is 419 g/mol. The molecule has 3 unspecified atom stereocenters. The maximum absolute atomic E-state index is 12.9. The fourth-order valence-electron chi connectivity index (χ4n) is 3.91. The van der Waals surface area contributed by atoms with Crippen LogP contribution in [0.2, 0.25) is 0 Å². The van der Waals surface area contributed by atoms with Gasteiger partial charge in [0.15, 0.2) is 0 Å². The molecule has 1 N–H and O–H groups in total. The van der Waals surface area contributed by atoms with Crippen molar-refractivity contribution in [2.75, 3.05) is 14.2 Å². The van der Waals surface area contributed by atoms with Crippen LogP contribution in [-0.2, 0) is 16.0 Å². The number of nitrogens with one attached hydrogen (secondary N) is 1. The average Bonchev–Trinajstić information content (AvgIpc) is 3.30. The zero-order valence-electron chi connectivity index (χ0n) is 18.1. The largest absolute Gasteiger partial charge is 1.00 e. The van der Waals surface area contributed by atoms with E-state index in [1.54, 1.807) is 28.1 Å². The first-order valence-corrected chi connectivity index (χ1v) is 9.56. The van der Waals surface area contributed by atoms with Crippen molar-refractivity contribution in [1.29, 1.82) is 0 Å². The predicted molar refractivity (Wildman–Crippen MR) is 106 cm³/mol. The first kappa shape index (κ1) is 24.3. The summed E-state index contributed by atoms with van der Waals surface area (Å²) in [5, 5.41) is 14.4. The molecule has 0 bridgehead atoms. The number of rotatable bonds is 8. The van der Waals surface area contributed by atoms with Gasteiger partial charge < -0.3 is 24.7 Å². The molecule has 2 aromatic carbocycles. The van der Waals surface area contributed by atoms with Crippen molar-refractivity contribution in [2.24, 2.45) is 17.3 Å². The molecule has 3 rings (SSSR count). The summed E-state index contributed by atoms with van der Waals surface area (Å²) in [5.41, 5.74) is 1.34. The molecular formula is C23H26NNaO5. The molecule has 30 heavy (non-hydrogen) atoms. The van der Waals surface area contributed by atoms with Crippen LogP contribution in [0.1, 0.15) is 31.0 Å². The van der Waals surface area contributed by atoms with Crippen molar-refractivity contribution in [2.45, 2.75) is 26.3 Å². The van der Waals surface area contributed by atoms with E-state index in [4.69, 9.17) is 9.47 Å². The first-order valence-electron chi connectivity index (χ1n) is 9.56. The molecule has 0 aliphatic heterocycles. The summed E-state index contributed by atoms with van der Waals surface area (Å²) < 4.78 is 10.4. The molecule has 6 nitrogen and oxygen atoms in total. The molecule has 2 aromatic rings. The van der Waals surface area contributed by atoms with Crippen molar-refractivity contribution < 1.29 is 53.7 Å². The number of aliphatic carboxylic acids is 1. The minimum absolute atomic E-state index is 0. The number of benzene rings is 2. The molecule has 1 aliphatic carbocycles. The van der Waals surface area contributed by atoms with Crippen LogP contribution < -0.4 is 49.5 Å². The first-order chi connectivity index (χ1) is 13.8. The van der Waals surface area contributed by atoms with Gasteiger partial charge in [0.2, 0.25) is 5.91 Å². The van der Waals surface area contributed by atoms with E-state index in [2.05, 4.69) is 5.32 Å². The van der Waals surface area contributed by atoms with E-state index in [1.165, 1.54) is 0 Å². The molecular weight excluding hydrogens is 393 g/mol. The topological polar surface area (TPSA) is 87.7 Å². The smallest absolute Gasteiger partial charge is 0.550 e. The van der Waals surface area contributed by atoms with Gasteiger partial charge in [-0.25, -0.2) is 0 Å². The van der Waals surface area contributed by atoms with E-state index in [1.807, 2.05) is 48.5 Å². The molecule has 1 fully saturated rings. The summed E-state index contributed by atoms with van der Waals surface area (Å²) in [5.74, 6) is -1.31. The predicted octanol–water partition coefficient (Wildman–Crippen LogP) is -0.870. The van der Waals surface area contributed by atoms with Gasteiger partial charge in [0.25, 0.3) is 0 Å². The van der Waals surface area contributed by atoms with E-state index in [0.717, 1.165) is 22.6 Å². The third-order valence-electron chi connectivity index (χ3n) is 5.80. The minimum Gasteiger partial charge on any atom is -0.550 e. The Hall–Kier alpha value is -2.02. The van der Waals surface area contributed by atoms with Crippen LogP contribution in [0.4, 0.5) is 0 Å². The van der Waals surface area contributed by atoms with Crippen molar-refractivity contribution in [1.82, 2.24) is 5.32 Å². The summed E-state index contributed by atoms with van der Waals surface area (Å²) in [4.78, 5) is 24.2. The Morgan fingerprint density at radius 2 is 1.47 bits per heavy atom. The summed E-state index contributed by atoms with van der Waals surface area (Å²) >= 11 is 0. The van der Waals surface area contributed by atoms with Crippen LogP contribution in [0.25, 0.3) is 0 Å². The fourth-order valence-corrected chi connectivity index (χ4v) is 3.91. The van der Waals surface area contributed by atoms with Crippen molar-refractivity contribution in [3.63, 3.8) is 0 Å². The van der Waals surface area contributed by atoms with E-state index >= 15 is 0 Å². The SMILES string of the molecule is COc1ccc(CC(NC(=O)C2C(C(=O)[O-])C2(C)C)c2ccc(OC)cc2)cc1.[Na+]. The van der Waals surface area contributed by atoms with Gasteiger partial charge in [0.1, 0.15) is 11.5 Å². The van der Waals surface area contributed by atoms with Gasteiger partial charge >= 0.3 is 29.6 Å². The number of methoxy groups -OCH3 is 2. The van der Waals surface area contributed by atoms with Crippen LogP contribution in [0.5, 0.6) is 11.5 Å². The third-order valence-corrected chi connectivity index (χ3v) is 5.80. The third kappa shape index (κ3) is 5.17. The Labute approximate surface area is 199 Å². The zero-order chi connectivity index (χ0) is 21.2. The number of hydrogen-bond donors (Lipinski definition) is 1. The Morgan fingerprint density at radius 3 is 1.90 bits per heavy atom. The number of hydrogen-bond acceptors (Lipinski definition) is 5. The van der Waals surface area contributed by atoms with E-state index in [9.17, 15) is 14.7 Å². The molecule has 1 amide bonds. The number of carbonyl (C=O) groups is 2. The van der Waals surface area contributed by atoms with Crippen LogP contribution in [0, 0.1) is 17.3 Å². The van der Waals surface area contributed by atoms with Crippen molar-refractivity contribution in [3.05, 3.63) is 59.7 Å². The van der Waals surface area contributed by atoms with Crippen LogP contribution >= 0.6 is 0 Å². The zero-order valence-corrected chi connectivity index (χ0v) is 20.1. The van der Waals surface area contributed by atoms with Crippen LogP contribution in [0.15, 0.2) is 48.5 Å². The molecule has 0 aromatic heterocycles. The number of ether oxygens (including phenoxy) is 2. The Balaban J connectivity index is 0.00000320. The Morgan fingerprint density at radius 1 is 0.967 bits per heavy atom. The van der Waals surface area contributed by atoms with Gasteiger partial charge in [-0.15, -0.1) is 0 Å². The molecule has 1 saturated carbocycles. The summed E-state index contributed by atoms with van der Waals surface area (Å²) in [6.45, 7) is 3.56. The molecule has 7 heteroatoms. The molecule has 154 valence electrons. The van der Waals surface area contributed by atoms with Gasteiger partial charge in [-0.2, -0.15) is 0 Å². The average molecular weight is 419 g/mol. The van der Waals surface area contributed by atoms with Gasteiger partial charge in [0.05, 0.1) is 26.2 Å². The number of carboxylic acid groups (broad SMARTS) is 1. The van der Waals surface area contributed by atoms with E-state index in [0.29, 0.717) is 6.42 Å². The molecule has 0 spiro atoms. The van der Waals surface area contributed by atoms with Gasteiger partial charge in [-0.05, 0) is 47.2 Å². The van der Waals surface area contributed by atoms with E-state index < -0.39 is 23.2 Å². The summed E-state index contributed by atoms with van der Waals surface area (Å²) in [6, 6.07) is 14.8. The Kier molecular flexibility index (Phi) is 7.97. The second-order valence-corrected chi connectivity index (χ2v) is 7.98. The van der Waals surface area contributed by atoms with Crippen LogP contribution in [0.3, 0.4) is 0 Å². The number of carboxylic acids is 1. The maximum Gasteiger partial charge on any atom is 1.00 e. The van der Waals surface area contributed by atoms with Crippen molar-refractivity contribution >= 4 is 11.9 Å². The molecule has 0 heterocycles. The Bertz CT molecular complexity index is 879. The van der Waals surface area contributed by atoms with Gasteiger partial charge in [-0.3, -0.25) is 4.79 Å². The van der Waals surface area contributed by atoms with Crippen molar-refractivity contribution in [3.8, 4) is 11.5 Å². The number of amides is 1.